The highest BCUT2D eigenvalue weighted by molar-refractivity contribution is 5.76. The van der Waals surface area contributed by atoms with E-state index >= 15 is 0 Å². The van der Waals surface area contributed by atoms with Gasteiger partial charge in [0.2, 0.25) is 0 Å². The Bertz CT molecular complexity index is 625. The molecule has 0 bridgehead atoms. The van der Waals surface area contributed by atoms with Crippen molar-refractivity contribution in [3.63, 3.8) is 0 Å². The molecular weight excluding hydrogens is 264 g/mol. The minimum Gasteiger partial charge on any atom is -0.497 e. The predicted octanol–water partition coefficient (Wildman–Crippen LogP) is 4.05. The molecule has 0 aliphatic rings. The summed E-state index contributed by atoms with van der Waals surface area (Å²) in [6.07, 6.45) is 4.01. The summed E-state index contributed by atoms with van der Waals surface area (Å²) >= 11 is 0. The summed E-state index contributed by atoms with van der Waals surface area (Å²) in [5.41, 5.74) is 2.93. The predicted molar refractivity (Wildman–Crippen MR) is 84.4 cm³/mol. The van der Waals surface area contributed by atoms with Crippen LogP contribution in [0.15, 0.2) is 48.5 Å². The van der Waals surface area contributed by atoms with Crippen molar-refractivity contribution in [2.75, 3.05) is 7.11 Å². The Morgan fingerprint density at radius 1 is 1.00 bits per heavy atom. The number of aliphatic carboxylic acids is 1. The van der Waals surface area contributed by atoms with Gasteiger partial charge in [-0.1, -0.05) is 48.6 Å². The highest BCUT2D eigenvalue weighted by Gasteiger charge is 2.12. The van der Waals surface area contributed by atoms with Crippen LogP contribution < -0.4 is 4.74 Å². The Kier molecular flexibility index (Phi) is 4.77. The van der Waals surface area contributed by atoms with Crippen molar-refractivity contribution in [2.45, 2.75) is 12.8 Å². The van der Waals surface area contributed by atoms with E-state index in [0.29, 0.717) is 0 Å². The summed E-state index contributed by atoms with van der Waals surface area (Å²) in [6, 6.07) is 15.4. The summed E-state index contributed by atoms with van der Waals surface area (Å²) in [6.45, 7) is 1.69. The van der Waals surface area contributed by atoms with Crippen molar-refractivity contribution in [1.82, 2.24) is 0 Å². The highest BCUT2D eigenvalue weighted by atomic mass is 16.5. The molecule has 3 nitrogen and oxygen atoms in total. The zero-order valence-corrected chi connectivity index (χ0v) is 12.1. The minimum absolute atomic E-state index is 0.482. The maximum atomic E-state index is 10.9. The molecule has 2 aromatic rings. The van der Waals surface area contributed by atoms with Gasteiger partial charge in [-0.2, -0.15) is 0 Å². The fraction of sp³-hybridized carbons (Fsp3) is 0.167. The molecule has 0 aliphatic carbocycles. The molecule has 0 heterocycles. The molecule has 1 unspecified atom stereocenters. The molecule has 0 radical (unpaired) electrons. The average Bonchev–Trinajstić information content (AvgIpc) is 2.53. The maximum Gasteiger partial charge on any atom is 0.310 e. The summed E-state index contributed by atoms with van der Waals surface area (Å²) in [5, 5.41) is 8.98. The summed E-state index contributed by atoms with van der Waals surface area (Å²) in [5.74, 6) is -0.458. The minimum atomic E-state index is -0.809. The summed E-state index contributed by atoms with van der Waals surface area (Å²) < 4.78 is 5.11. The number of carboxylic acid groups (broad SMARTS) is 1. The van der Waals surface area contributed by atoms with E-state index in [9.17, 15) is 4.79 Å². The molecule has 108 valence electrons. The van der Waals surface area contributed by atoms with Gasteiger partial charge in [0.1, 0.15) is 5.75 Å². The van der Waals surface area contributed by atoms with Crippen LogP contribution in [0.3, 0.4) is 0 Å². The molecule has 1 N–H and O–H groups in total. The van der Waals surface area contributed by atoms with Crippen molar-refractivity contribution in [3.05, 3.63) is 65.2 Å². The second-order valence-electron chi connectivity index (χ2n) is 4.83. The fourth-order valence-corrected chi connectivity index (χ4v) is 1.95. The van der Waals surface area contributed by atoms with Crippen LogP contribution in [0.2, 0.25) is 0 Å². The van der Waals surface area contributed by atoms with Crippen molar-refractivity contribution >= 4 is 18.1 Å². The molecule has 3 heteroatoms. The van der Waals surface area contributed by atoms with E-state index in [4.69, 9.17) is 9.84 Å². The third-order valence-electron chi connectivity index (χ3n) is 3.39. The van der Waals surface area contributed by atoms with Gasteiger partial charge in [-0.15, -0.1) is 0 Å². The van der Waals surface area contributed by atoms with Gasteiger partial charge in [0.25, 0.3) is 0 Å². The standard InChI is InChI=1S/C18H18O3/c1-13(18(19)20)16-9-5-14(6-10-16)3-4-15-7-11-17(21-2)12-8-15/h3-13H,1-2H3,(H,19,20). The van der Waals surface area contributed by atoms with Gasteiger partial charge in [-0.25, -0.2) is 0 Å². The van der Waals surface area contributed by atoms with Crippen LogP contribution >= 0.6 is 0 Å². The number of methoxy groups -OCH3 is 1. The van der Waals surface area contributed by atoms with Crippen molar-refractivity contribution in [2.24, 2.45) is 0 Å². The van der Waals surface area contributed by atoms with Crippen LogP contribution in [-0.4, -0.2) is 18.2 Å². The molecular formula is C18H18O3. The van der Waals surface area contributed by atoms with Crippen LogP contribution in [0, 0.1) is 0 Å². The summed E-state index contributed by atoms with van der Waals surface area (Å²) in [7, 11) is 1.64. The van der Waals surface area contributed by atoms with Gasteiger partial charge in [0.15, 0.2) is 0 Å². The van der Waals surface area contributed by atoms with Gasteiger partial charge < -0.3 is 9.84 Å². The van der Waals surface area contributed by atoms with Gasteiger partial charge in [-0.3, -0.25) is 4.79 Å². The third-order valence-corrected chi connectivity index (χ3v) is 3.39. The Morgan fingerprint density at radius 3 is 1.90 bits per heavy atom. The maximum absolute atomic E-state index is 10.9. The Labute approximate surface area is 124 Å². The van der Waals surface area contributed by atoms with Gasteiger partial charge in [-0.05, 0) is 35.7 Å². The van der Waals surface area contributed by atoms with Crippen molar-refractivity contribution in [1.29, 1.82) is 0 Å². The monoisotopic (exact) mass is 282 g/mol. The number of carbonyl (C=O) groups is 1. The van der Waals surface area contributed by atoms with E-state index in [2.05, 4.69) is 0 Å². The lowest BCUT2D eigenvalue weighted by Gasteiger charge is -2.06. The van der Waals surface area contributed by atoms with E-state index in [1.165, 1.54) is 0 Å². The Balaban J connectivity index is 2.08. The third kappa shape index (κ3) is 3.96. The fourth-order valence-electron chi connectivity index (χ4n) is 1.95. The number of rotatable bonds is 5. The van der Waals surface area contributed by atoms with Crippen LogP contribution in [0.4, 0.5) is 0 Å². The highest BCUT2D eigenvalue weighted by Crippen LogP contribution is 2.18. The zero-order valence-electron chi connectivity index (χ0n) is 12.1. The Hall–Kier alpha value is -2.55. The quantitative estimate of drug-likeness (QED) is 0.841. The normalized spacial score (nSPS) is 12.3. The lowest BCUT2D eigenvalue weighted by atomic mass is 10.00. The van der Waals surface area contributed by atoms with E-state index < -0.39 is 11.9 Å². The molecule has 21 heavy (non-hydrogen) atoms. The number of hydrogen-bond donors (Lipinski definition) is 1. The number of hydrogen-bond acceptors (Lipinski definition) is 2. The molecule has 1 atom stereocenters. The molecule has 2 aromatic carbocycles. The first-order valence-electron chi connectivity index (χ1n) is 6.75. The van der Waals surface area contributed by atoms with E-state index in [1.807, 2.05) is 60.7 Å². The molecule has 0 saturated heterocycles. The molecule has 0 fully saturated rings. The van der Waals surface area contributed by atoms with Gasteiger partial charge in [0.05, 0.1) is 13.0 Å². The Morgan fingerprint density at radius 2 is 1.48 bits per heavy atom. The molecule has 0 aromatic heterocycles. The van der Waals surface area contributed by atoms with E-state index in [0.717, 1.165) is 22.4 Å². The number of ether oxygens (including phenoxy) is 1. The van der Waals surface area contributed by atoms with Crippen LogP contribution in [-0.2, 0) is 4.79 Å². The molecule has 2 rings (SSSR count). The second-order valence-corrected chi connectivity index (χ2v) is 4.83. The smallest absolute Gasteiger partial charge is 0.310 e. The largest absolute Gasteiger partial charge is 0.497 e. The summed E-state index contributed by atoms with van der Waals surface area (Å²) in [4.78, 5) is 10.9. The molecule has 0 amide bonds. The number of benzene rings is 2. The first kappa shape index (κ1) is 14.9. The van der Waals surface area contributed by atoms with E-state index in [1.54, 1.807) is 14.0 Å². The van der Waals surface area contributed by atoms with Crippen LogP contribution in [0.25, 0.3) is 12.2 Å². The molecule has 0 spiro atoms. The molecule has 0 saturated carbocycles. The lowest BCUT2D eigenvalue weighted by molar-refractivity contribution is -0.138. The lowest BCUT2D eigenvalue weighted by Crippen LogP contribution is -2.06. The van der Waals surface area contributed by atoms with Crippen LogP contribution in [0.5, 0.6) is 5.75 Å². The van der Waals surface area contributed by atoms with Crippen LogP contribution in [0.1, 0.15) is 29.5 Å². The second kappa shape index (κ2) is 6.75. The topological polar surface area (TPSA) is 46.5 Å². The molecule has 0 aliphatic heterocycles. The van der Waals surface area contributed by atoms with E-state index in [-0.39, 0.29) is 0 Å². The number of carboxylic acids is 1. The first-order chi connectivity index (χ1) is 10.1. The van der Waals surface area contributed by atoms with Crippen molar-refractivity contribution in [3.8, 4) is 5.75 Å². The van der Waals surface area contributed by atoms with Gasteiger partial charge in [0, 0.05) is 0 Å². The SMILES string of the molecule is COc1ccc(C=Cc2ccc(C(C)C(=O)O)cc2)cc1. The van der Waals surface area contributed by atoms with Crippen molar-refractivity contribution < 1.29 is 14.6 Å². The zero-order chi connectivity index (χ0) is 15.2. The van der Waals surface area contributed by atoms with Gasteiger partial charge >= 0.3 is 5.97 Å². The first-order valence-corrected chi connectivity index (χ1v) is 6.75. The average molecular weight is 282 g/mol.